The number of furan rings is 1. The van der Waals surface area contributed by atoms with E-state index in [0.29, 0.717) is 0 Å². The van der Waals surface area contributed by atoms with Crippen molar-refractivity contribution in [2.24, 2.45) is 4.99 Å². The van der Waals surface area contributed by atoms with Crippen LogP contribution in [0.5, 0.6) is 0 Å². The summed E-state index contributed by atoms with van der Waals surface area (Å²) in [7, 11) is 3.57. The van der Waals surface area contributed by atoms with Crippen molar-refractivity contribution < 1.29 is 9.15 Å². The van der Waals surface area contributed by atoms with E-state index in [2.05, 4.69) is 26.6 Å². The number of nitrogens with zero attached hydrogens (tertiary/aromatic N) is 2. The molecule has 0 spiro atoms. The molecule has 2 heterocycles. The van der Waals surface area contributed by atoms with Crippen LogP contribution in [0.25, 0.3) is 0 Å². The van der Waals surface area contributed by atoms with Gasteiger partial charge in [0.05, 0.1) is 12.3 Å². The average Bonchev–Trinajstić information content (AvgIpc) is 3.30. The Morgan fingerprint density at radius 2 is 2.12 bits per heavy atom. The minimum atomic E-state index is 0.266. The molecule has 1 atom stereocenters. The lowest BCUT2D eigenvalue weighted by molar-refractivity contribution is 0.192. The minimum Gasteiger partial charge on any atom is -0.468 e. The molecule has 0 radical (unpaired) electrons. The Labute approximate surface area is 145 Å². The van der Waals surface area contributed by atoms with Crippen LogP contribution in [0.2, 0.25) is 0 Å². The highest BCUT2D eigenvalue weighted by atomic mass is 16.5. The van der Waals surface area contributed by atoms with Crippen molar-refractivity contribution in [3.63, 3.8) is 0 Å². The lowest BCUT2D eigenvalue weighted by Gasteiger charge is -2.26. The molecule has 1 aliphatic rings. The van der Waals surface area contributed by atoms with Gasteiger partial charge in [-0.2, -0.15) is 0 Å². The van der Waals surface area contributed by atoms with E-state index in [9.17, 15) is 0 Å². The average molecular weight is 336 g/mol. The molecule has 2 N–H and O–H groups in total. The molecule has 0 aromatic carbocycles. The third kappa shape index (κ3) is 6.17. The van der Waals surface area contributed by atoms with Crippen molar-refractivity contribution in [1.29, 1.82) is 0 Å². The van der Waals surface area contributed by atoms with E-state index in [1.165, 1.54) is 19.3 Å². The monoisotopic (exact) mass is 336 g/mol. The highest BCUT2D eigenvalue weighted by Crippen LogP contribution is 2.24. The Morgan fingerprint density at radius 3 is 2.79 bits per heavy atom. The second-order valence-corrected chi connectivity index (χ2v) is 6.21. The summed E-state index contributed by atoms with van der Waals surface area (Å²) in [5.41, 5.74) is 0. The maximum absolute atomic E-state index is 5.66. The number of hydrogen-bond acceptors (Lipinski definition) is 4. The summed E-state index contributed by atoms with van der Waals surface area (Å²) >= 11 is 0. The quantitative estimate of drug-likeness (QED) is 0.390. The fraction of sp³-hybridized carbons (Fsp3) is 0.722. The molecular weight excluding hydrogens is 304 g/mol. The molecule has 1 fully saturated rings. The van der Waals surface area contributed by atoms with Gasteiger partial charge in [-0.3, -0.25) is 9.89 Å². The Hall–Kier alpha value is -1.53. The van der Waals surface area contributed by atoms with Crippen molar-refractivity contribution >= 4 is 5.96 Å². The summed E-state index contributed by atoms with van der Waals surface area (Å²) in [4.78, 5) is 6.81. The van der Waals surface area contributed by atoms with Crippen LogP contribution in [0.4, 0.5) is 0 Å². The molecule has 0 saturated carbocycles. The Kier molecular flexibility index (Phi) is 8.70. The summed E-state index contributed by atoms with van der Waals surface area (Å²) < 4.78 is 10.7. The third-order valence-electron chi connectivity index (χ3n) is 4.46. The lowest BCUT2D eigenvalue weighted by Crippen LogP contribution is -2.42. The van der Waals surface area contributed by atoms with Crippen molar-refractivity contribution in [2.45, 2.75) is 38.1 Å². The van der Waals surface area contributed by atoms with Crippen LogP contribution in [-0.4, -0.2) is 57.8 Å². The SMILES string of the molecule is CN=C(NCCCCCOC)NCC(c1ccco1)N1CCCC1. The second-order valence-electron chi connectivity index (χ2n) is 6.21. The lowest BCUT2D eigenvalue weighted by atomic mass is 10.2. The first-order valence-corrected chi connectivity index (χ1v) is 9.06. The van der Waals surface area contributed by atoms with Gasteiger partial charge in [-0.05, 0) is 57.3 Å². The highest BCUT2D eigenvalue weighted by Gasteiger charge is 2.25. The van der Waals surface area contributed by atoms with Gasteiger partial charge in [0, 0.05) is 33.9 Å². The van der Waals surface area contributed by atoms with Crippen molar-refractivity contribution in [2.75, 3.05) is 46.9 Å². The number of rotatable bonds is 10. The van der Waals surface area contributed by atoms with E-state index in [1.807, 2.05) is 13.1 Å². The van der Waals surface area contributed by atoms with Gasteiger partial charge >= 0.3 is 0 Å². The van der Waals surface area contributed by atoms with E-state index < -0.39 is 0 Å². The van der Waals surface area contributed by atoms with Crippen LogP contribution < -0.4 is 10.6 Å². The molecule has 6 nitrogen and oxygen atoms in total. The van der Waals surface area contributed by atoms with Gasteiger partial charge in [-0.25, -0.2) is 0 Å². The van der Waals surface area contributed by atoms with Crippen molar-refractivity contribution in [3.8, 4) is 0 Å². The first kappa shape index (κ1) is 18.8. The van der Waals surface area contributed by atoms with Gasteiger partial charge in [0.15, 0.2) is 5.96 Å². The largest absolute Gasteiger partial charge is 0.468 e. The number of aliphatic imine (C=N–C) groups is 1. The fourth-order valence-corrected chi connectivity index (χ4v) is 3.11. The molecule has 1 unspecified atom stereocenters. The van der Waals surface area contributed by atoms with E-state index in [0.717, 1.165) is 57.3 Å². The van der Waals surface area contributed by atoms with Crippen LogP contribution >= 0.6 is 0 Å². The Morgan fingerprint density at radius 1 is 1.29 bits per heavy atom. The number of ether oxygens (including phenoxy) is 1. The van der Waals surface area contributed by atoms with Gasteiger partial charge in [-0.15, -0.1) is 0 Å². The predicted octanol–water partition coefficient (Wildman–Crippen LogP) is 2.40. The molecule has 1 aliphatic heterocycles. The molecule has 0 aliphatic carbocycles. The minimum absolute atomic E-state index is 0.266. The zero-order chi connectivity index (χ0) is 17.0. The van der Waals surface area contributed by atoms with Crippen LogP contribution in [0.3, 0.4) is 0 Å². The van der Waals surface area contributed by atoms with E-state index in [1.54, 1.807) is 13.4 Å². The molecule has 6 heteroatoms. The van der Waals surface area contributed by atoms with E-state index >= 15 is 0 Å². The van der Waals surface area contributed by atoms with Crippen LogP contribution in [0.15, 0.2) is 27.8 Å². The second kappa shape index (κ2) is 11.1. The van der Waals surface area contributed by atoms with Gasteiger partial charge in [0.2, 0.25) is 0 Å². The van der Waals surface area contributed by atoms with Gasteiger partial charge < -0.3 is 19.8 Å². The Balaban J connectivity index is 1.75. The summed E-state index contributed by atoms with van der Waals surface area (Å²) in [6.07, 6.45) is 7.70. The van der Waals surface area contributed by atoms with E-state index in [4.69, 9.17) is 9.15 Å². The Bertz CT molecular complexity index is 456. The standard InChI is InChI=1S/C18H32N4O2/c1-19-18(20-10-4-3-7-13-23-2)21-15-16(17-9-8-14-24-17)22-11-5-6-12-22/h8-9,14,16H,3-7,10-13,15H2,1-2H3,(H2,19,20,21). The van der Waals surface area contributed by atoms with Crippen LogP contribution in [0.1, 0.15) is 43.9 Å². The maximum atomic E-state index is 5.66. The van der Waals surface area contributed by atoms with Gasteiger partial charge in [0.1, 0.15) is 5.76 Å². The normalized spacial score (nSPS) is 17.2. The third-order valence-corrected chi connectivity index (χ3v) is 4.46. The summed E-state index contributed by atoms with van der Waals surface area (Å²) in [6.45, 7) is 4.85. The topological polar surface area (TPSA) is 62.0 Å². The molecule has 1 saturated heterocycles. The highest BCUT2D eigenvalue weighted by molar-refractivity contribution is 5.79. The number of unbranched alkanes of at least 4 members (excludes halogenated alkanes) is 2. The predicted molar refractivity (Wildman–Crippen MR) is 97.3 cm³/mol. The molecular formula is C18H32N4O2. The summed E-state index contributed by atoms with van der Waals surface area (Å²) in [6, 6.07) is 4.30. The smallest absolute Gasteiger partial charge is 0.191 e. The molecule has 0 bridgehead atoms. The first-order valence-electron chi connectivity index (χ1n) is 9.06. The summed E-state index contributed by atoms with van der Waals surface area (Å²) in [5, 5.41) is 6.84. The van der Waals surface area contributed by atoms with E-state index in [-0.39, 0.29) is 6.04 Å². The first-order chi connectivity index (χ1) is 11.8. The van der Waals surface area contributed by atoms with Crippen LogP contribution in [-0.2, 0) is 4.74 Å². The maximum Gasteiger partial charge on any atom is 0.191 e. The number of likely N-dealkylation sites (tertiary alicyclic amines) is 1. The number of nitrogens with one attached hydrogen (secondary N) is 2. The fourth-order valence-electron chi connectivity index (χ4n) is 3.11. The van der Waals surface area contributed by atoms with Crippen molar-refractivity contribution in [1.82, 2.24) is 15.5 Å². The van der Waals surface area contributed by atoms with Crippen LogP contribution in [0, 0.1) is 0 Å². The number of methoxy groups -OCH3 is 1. The molecule has 24 heavy (non-hydrogen) atoms. The number of hydrogen-bond donors (Lipinski definition) is 2. The molecule has 136 valence electrons. The summed E-state index contributed by atoms with van der Waals surface area (Å²) in [5.74, 6) is 1.89. The molecule has 1 aromatic heterocycles. The zero-order valence-electron chi connectivity index (χ0n) is 15.1. The molecule has 0 amide bonds. The zero-order valence-corrected chi connectivity index (χ0v) is 15.1. The molecule has 1 aromatic rings. The van der Waals surface area contributed by atoms with Gasteiger partial charge in [0.25, 0.3) is 0 Å². The number of guanidine groups is 1. The van der Waals surface area contributed by atoms with Crippen molar-refractivity contribution in [3.05, 3.63) is 24.2 Å². The molecule has 2 rings (SSSR count). The van der Waals surface area contributed by atoms with Gasteiger partial charge in [-0.1, -0.05) is 0 Å².